The van der Waals surface area contributed by atoms with E-state index in [-0.39, 0.29) is 0 Å². The summed E-state index contributed by atoms with van der Waals surface area (Å²) in [6.45, 7) is 3.97. The maximum atomic E-state index is 4.64. The molecule has 0 saturated carbocycles. The highest BCUT2D eigenvalue weighted by Gasteiger charge is 2.11. The summed E-state index contributed by atoms with van der Waals surface area (Å²) in [6, 6.07) is 8.34. The topological polar surface area (TPSA) is 37.8 Å². The van der Waals surface area contributed by atoms with Gasteiger partial charge in [-0.3, -0.25) is 0 Å². The zero-order valence-electron chi connectivity index (χ0n) is 9.90. The Morgan fingerprint density at radius 3 is 2.82 bits per heavy atom. The van der Waals surface area contributed by atoms with Gasteiger partial charge in [-0.1, -0.05) is 29.8 Å². The average molecular weight is 225 g/mol. The summed E-state index contributed by atoms with van der Waals surface area (Å²) in [5, 5.41) is 3.34. The predicted molar refractivity (Wildman–Crippen MR) is 67.6 cm³/mol. The normalized spacial score (nSPS) is 14.4. The Bertz CT molecular complexity index is 532. The van der Waals surface area contributed by atoms with E-state index < -0.39 is 0 Å². The molecule has 1 aromatic heterocycles. The van der Waals surface area contributed by atoms with Crippen molar-refractivity contribution in [3.05, 3.63) is 47.3 Å². The number of nitrogens with one attached hydrogen (secondary N) is 1. The molecular formula is C14H15N3. The standard InChI is InChI=1S/C14H15N3/c1-10-2-4-11(5-3-10)14-16-8-12-6-7-15-9-13(12)17-14/h2-5,8,15H,6-7,9H2,1H3. The van der Waals surface area contributed by atoms with Crippen LogP contribution in [0.1, 0.15) is 16.8 Å². The molecule has 86 valence electrons. The number of rotatable bonds is 1. The van der Waals surface area contributed by atoms with E-state index in [4.69, 9.17) is 0 Å². The third-order valence-electron chi connectivity index (χ3n) is 3.13. The minimum absolute atomic E-state index is 0.826. The van der Waals surface area contributed by atoms with Gasteiger partial charge in [0.2, 0.25) is 0 Å². The molecule has 0 spiro atoms. The van der Waals surface area contributed by atoms with Crippen molar-refractivity contribution in [2.24, 2.45) is 0 Å². The average Bonchev–Trinajstić information content (AvgIpc) is 2.39. The quantitative estimate of drug-likeness (QED) is 0.807. The Balaban J connectivity index is 2.01. The van der Waals surface area contributed by atoms with Crippen LogP contribution in [0.5, 0.6) is 0 Å². The lowest BCUT2D eigenvalue weighted by molar-refractivity contribution is 0.624. The third kappa shape index (κ3) is 2.06. The van der Waals surface area contributed by atoms with Crippen LogP contribution in [0.15, 0.2) is 30.5 Å². The lowest BCUT2D eigenvalue weighted by Gasteiger charge is -2.16. The number of fused-ring (bicyclic) bond motifs is 1. The van der Waals surface area contributed by atoms with Gasteiger partial charge in [0, 0.05) is 18.3 Å². The predicted octanol–water partition coefficient (Wildman–Crippen LogP) is 2.10. The molecule has 0 unspecified atom stereocenters. The first-order valence-corrected chi connectivity index (χ1v) is 5.95. The number of aromatic nitrogens is 2. The van der Waals surface area contributed by atoms with Crippen LogP contribution in [-0.4, -0.2) is 16.5 Å². The van der Waals surface area contributed by atoms with E-state index in [1.54, 1.807) is 0 Å². The molecule has 17 heavy (non-hydrogen) atoms. The van der Waals surface area contributed by atoms with Gasteiger partial charge in [0.1, 0.15) is 0 Å². The van der Waals surface area contributed by atoms with E-state index >= 15 is 0 Å². The summed E-state index contributed by atoms with van der Waals surface area (Å²) in [5.41, 5.74) is 4.76. The van der Waals surface area contributed by atoms with Crippen LogP contribution in [0.4, 0.5) is 0 Å². The first-order valence-electron chi connectivity index (χ1n) is 5.95. The molecule has 1 aliphatic heterocycles. The van der Waals surface area contributed by atoms with E-state index in [2.05, 4.69) is 46.5 Å². The smallest absolute Gasteiger partial charge is 0.159 e. The largest absolute Gasteiger partial charge is 0.311 e. The molecule has 3 nitrogen and oxygen atoms in total. The fourth-order valence-electron chi connectivity index (χ4n) is 2.08. The van der Waals surface area contributed by atoms with Crippen molar-refractivity contribution in [3.63, 3.8) is 0 Å². The van der Waals surface area contributed by atoms with Crippen LogP contribution in [0.25, 0.3) is 11.4 Å². The summed E-state index contributed by atoms with van der Waals surface area (Å²) >= 11 is 0. The Labute approximate surface area is 101 Å². The van der Waals surface area contributed by atoms with E-state index in [1.807, 2.05) is 6.20 Å². The van der Waals surface area contributed by atoms with Crippen LogP contribution in [0.2, 0.25) is 0 Å². The Kier molecular flexibility index (Phi) is 2.61. The number of hydrogen-bond acceptors (Lipinski definition) is 3. The highest BCUT2D eigenvalue weighted by molar-refractivity contribution is 5.55. The van der Waals surface area contributed by atoms with Crippen molar-refractivity contribution in [1.29, 1.82) is 0 Å². The van der Waals surface area contributed by atoms with Gasteiger partial charge < -0.3 is 5.32 Å². The van der Waals surface area contributed by atoms with Crippen LogP contribution in [0, 0.1) is 6.92 Å². The van der Waals surface area contributed by atoms with Crippen LogP contribution >= 0.6 is 0 Å². The fraction of sp³-hybridized carbons (Fsp3) is 0.286. The fourth-order valence-corrected chi connectivity index (χ4v) is 2.08. The molecular weight excluding hydrogens is 210 g/mol. The third-order valence-corrected chi connectivity index (χ3v) is 3.13. The van der Waals surface area contributed by atoms with Gasteiger partial charge in [0.25, 0.3) is 0 Å². The maximum absolute atomic E-state index is 4.64. The summed E-state index contributed by atoms with van der Waals surface area (Å²) < 4.78 is 0. The van der Waals surface area contributed by atoms with E-state index in [0.29, 0.717) is 0 Å². The Morgan fingerprint density at radius 2 is 2.00 bits per heavy atom. The van der Waals surface area contributed by atoms with Gasteiger partial charge in [-0.05, 0) is 25.5 Å². The number of hydrogen-bond donors (Lipinski definition) is 1. The second kappa shape index (κ2) is 4.26. The van der Waals surface area contributed by atoms with Gasteiger partial charge in [-0.25, -0.2) is 9.97 Å². The molecule has 3 heteroatoms. The van der Waals surface area contributed by atoms with Gasteiger partial charge in [-0.15, -0.1) is 0 Å². The van der Waals surface area contributed by atoms with Crippen molar-refractivity contribution < 1.29 is 0 Å². The zero-order valence-corrected chi connectivity index (χ0v) is 9.90. The van der Waals surface area contributed by atoms with Gasteiger partial charge in [0.15, 0.2) is 5.82 Å². The van der Waals surface area contributed by atoms with Crippen molar-refractivity contribution in [2.75, 3.05) is 6.54 Å². The Hall–Kier alpha value is -1.74. The molecule has 0 atom stereocenters. The molecule has 1 N–H and O–H groups in total. The van der Waals surface area contributed by atoms with Gasteiger partial charge in [0.05, 0.1) is 5.69 Å². The van der Waals surface area contributed by atoms with Crippen LogP contribution in [0.3, 0.4) is 0 Å². The second-order valence-corrected chi connectivity index (χ2v) is 4.46. The van der Waals surface area contributed by atoms with Gasteiger partial charge >= 0.3 is 0 Å². The molecule has 2 heterocycles. The molecule has 0 fully saturated rings. The molecule has 2 aromatic rings. The SMILES string of the molecule is Cc1ccc(-c2ncc3c(n2)CNCC3)cc1. The van der Waals surface area contributed by atoms with Crippen molar-refractivity contribution in [3.8, 4) is 11.4 Å². The number of aryl methyl sites for hydroxylation is 1. The van der Waals surface area contributed by atoms with Crippen molar-refractivity contribution in [2.45, 2.75) is 19.9 Å². The van der Waals surface area contributed by atoms with E-state index in [1.165, 1.54) is 11.1 Å². The molecule has 1 aliphatic rings. The number of nitrogens with zero attached hydrogens (tertiary/aromatic N) is 2. The first-order chi connectivity index (χ1) is 8.33. The first kappa shape index (κ1) is 10.4. The number of benzene rings is 1. The molecule has 0 bridgehead atoms. The maximum Gasteiger partial charge on any atom is 0.159 e. The van der Waals surface area contributed by atoms with Gasteiger partial charge in [-0.2, -0.15) is 0 Å². The summed E-state index contributed by atoms with van der Waals surface area (Å²) in [5.74, 6) is 0.826. The second-order valence-electron chi connectivity index (χ2n) is 4.46. The Morgan fingerprint density at radius 1 is 1.18 bits per heavy atom. The van der Waals surface area contributed by atoms with Crippen molar-refractivity contribution in [1.82, 2.24) is 15.3 Å². The minimum atomic E-state index is 0.826. The van der Waals surface area contributed by atoms with Crippen molar-refractivity contribution >= 4 is 0 Å². The highest BCUT2D eigenvalue weighted by atomic mass is 15.0. The monoisotopic (exact) mass is 225 g/mol. The van der Waals surface area contributed by atoms with E-state index in [0.717, 1.165) is 36.6 Å². The summed E-state index contributed by atoms with van der Waals surface area (Å²) in [6.07, 6.45) is 3.00. The molecule has 0 aliphatic carbocycles. The lowest BCUT2D eigenvalue weighted by atomic mass is 10.1. The molecule has 0 radical (unpaired) electrons. The summed E-state index contributed by atoms with van der Waals surface area (Å²) in [7, 11) is 0. The van der Waals surface area contributed by atoms with Crippen LogP contribution < -0.4 is 5.32 Å². The molecule has 0 saturated heterocycles. The minimum Gasteiger partial charge on any atom is -0.311 e. The van der Waals surface area contributed by atoms with E-state index in [9.17, 15) is 0 Å². The molecule has 3 rings (SSSR count). The zero-order chi connectivity index (χ0) is 11.7. The highest BCUT2D eigenvalue weighted by Crippen LogP contribution is 2.18. The molecule has 0 amide bonds. The summed E-state index contributed by atoms with van der Waals surface area (Å²) in [4.78, 5) is 9.09. The lowest BCUT2D eigenvalue weighted by Crippen LogP contribution is -2.25. The van der Waals surface area contributed by atoms with Crippen LogP contribution in [-0.2, 0) is 13.0 Å². The molecule has 1 aromatic carbocycles.